The molecule has 0 bridgehead atoms. The van der Waals surface area contributed by atoms with Crippen LogP contribution in [0.2, 0.25) is 0 Å². The Balaban J connectivity index is 2.83. The van der Waals surface area contributed by atoms with E-state index in [0.29, 0.717) is 0 Å². The Hall–Kier alpha value is -0.640. The van der Waals surface area contributed by atoms with E-state index in [0.717, 1.165) is 5.82 Å². The normalized spacial score (nSPS) is 8.62. The van der Waals surface area contributed by atoms with Crippen molar-refractivity contribution >= 4 is 22.0 Å². The minimum Gasteiger partial charge on any atom is -0.307 e. The van der Waals surface area contributed by atoms with Crippen LogP contribution >= 0.6 is 16.1 Å². The molecule has 0 radical (unpaired) electrons. The average Bonchev–Trinajstić information content (AvgIpc) is 1.90. The maximum atomic E-state index is 3.83. The van der Waals surface area contributed by atoms with Crippen LogP contribution in [0.3, 0.4) is 0 Å². The van der Waals surface area contributed by atoms with Gasteiger partial charge in [0, 0.05) is 22.3 Å². The fourth-order valence-corrected chi connectivity index (χ4v) is 0.581. The summed E-state index contributed by atoms with van der Waals surface area (Å²) in [5, 5.41) is 0. The number of nitrogens with zero attached hydrogens (tertiary/aromatic N) is 2. The van der Waals surface area contributed by atoms with Crippen LogP contribution in [0.1, 0.15) is 0 Å². The lowest BCUT2D eigenvalue weighted by molar-refractivity contribution is 1.18. The van der Waals surface area contributed by atoms with Crippen molar-refractivity contribution in [2.45, 2.75) is 0 Å². The van der Waals surface area contributed by atoms with Gasteiger partial charge in [0.1, 0.15) is 12.1 Å². The van der Waals surface area contributed by atoms with Crippen molar-refractivity contribution < 1.29 is 0 Å². The minimum absolute atomic E-state index is 0.764. The Morgan fingerprint density at radius 2 is 2.50 bits per heavy atom. The maximum Gasteiger partial charge on any atom is 0.139 e. The van der Waals surface area contributed by atoms with E-state index in [1.165, 1.54) is 6.33 Å². The molecule has 1 N–H and O–H groups in total. The lowest BCUT2D eigenvalue weighted by atomic mass is 10.6. The smallest absolute Gasteiger partial charge is 0.139 e. The van der Waals surface area contributed by atoms with E-state index in [4.69, 9.17) is 0 Å². The molecule has 0 spiro atoms. The molecule has 0 saturated carbocycles. The summed E-state index contributed by atoms with van der Waals surface area (Å²) in [6, 6.07) is 1.76. The Morgan fingerprint density at radius 3 is 2.88 bits per heavy atom. The van der Waals surface area contributed by atoms with Crippen molar-refractivity contribution in [2.24, 2.45) is 0 Å². The summed E-state index contributed by atoms with van der Waals surface area (Å²) in [5.74, 6) is 0.764. The summed E-state index contributed by atoms with van der Waals surface area (Å²) in [5.41, 5.74) is 0. The third-order valence-electron chi connectivity index (χ3n) is 0.679. The molecule has 1 aromatic heterocycles. The molecule has 0 atom stereocenters. The van der Waals surface area contributed by atoms with Crippen molar-refractivity contribution in [3.63, 3.8) is 0 Å². The van der Waals surface area contributed by atoms with Crippen LogP contribution in [0, 0.1) is 0 Å². The van der Waals surface area contributed by atoms with Crippen molar-refractivity contribution in [1.29, 1.82) is 0 Å². The fraction of sp³-hybridized carbons (Fsp3) is 0. The summed E-state index contributed by atoms with van der Waals surface area (Å²) in [4.78, 5) is 7.55. The van der Waals surface area contributed by atoms with E-state index >= 15 is 0 Å². The van der Waals surface area contributed by atoms with Gasteiger partial charge in [-0.3, -0.25) is 0 Å². The van der Waals surface area contributed by atoms with Crippen LogP contribution in [-0.4, -0.2) is 9.97 Å². The number of halogens is 1. The minimum atomic E-state index is 0.764. The molecule has 3 nitrogen and oxygen atoms in total. The van der Waals surface area contributed by atoms with Gasteiger partial charge in [0.25, 0.3) is 0 Å². The van der Waals surface area contributed by atoms with E-state index in [9.17, 15) is 0 Å². The number of rotatable bonds is 1. The highest BCUT2D eigenvalue weighted by atomic mass is 79.9. The molecular weight excluding hydrogens is 170 g/mol. The van der Waals surface area contributed by atoms with Gasteiger partial charge in [-0.2, -0.15) is 0 Å². The highest BCUT2D eigenvalue weighted by molar-refractivity contribution is 9.10. The Kier molecular flexibility index (Phi) is 1.80. The number of nitrogens with one attached hydrogen (secondary N) is 1. The predicted octanol–water partition coefficient (Wildman–Crippen LogP) is 1.20. The van der Waals surface area contributed by atoms with Crippen molar-refractivity contribution in [2.75, 3.05) is 4.34 Å². The molecule has 0 aromatic carbocycles. The van der Waals surface area contributed by atoms with Gasteiger partial charge in [-0.25, -0.2) is 9.97 Å². The Labute approximate surface area is 55.5 Å². The second kappa shape index (κ2) is 2.61. The van der Waals surface area contributed by atoms with Gasteiger partial charge in [-0.05, 0) is 6.07 Å². The van der Waals surface area contributed by atoms with Crippen molar-refractivity contribution in [3.05, 3.63) is 18.6 Å². The van der Waals surface area contributed by atoms with E-state index in [2.05, 4.69) is 30.5 Å². The molecule has 4 heteroatoms. The van der Waals surface area contributed by atoms with Crippen LogP contribution < -0.4 is 4.34 Å². The maximum absolute atomic E-state index is 3.83. The van der Waals surface area contributed by atoms with E-state index in [1.54, 1.807) is 12.3 Å². The summed E-state index contributed by atoms with van der Waals surface area (Å²) in [6.45, 7) is 0. The molecule has 1 aromatic rings. The zero-order valence-corrected chi connectivity index (χ0v) is 5.59. The van der Waals surface area contributed by atoms with Gasteiger partial charge in [-0.15, -0.1) is 0 Å². The zero-order valence-electron chi connectivity index (χ0n) is 4.00. The number of hydrogen-bond donors (Lipinski definition) is 1. The number of anilines is 1. The van der Waals surface area contributed by atoms with Crippen molar-refractivity contribution in [3.8, 4) is 0 Å². The van der Waals surface area contributed by atoms with E-state index in [1.807, 2.05) is 0 Å². The lowest BCUT2D eigenvalue weighted by Gasteiger charge is -1.90. The molecule has 8 heavy (non-hydrogen) atoms. The fourth-order valence-electron chi connectivity index (χ4n) is 0.347. The molecule has 0 aliphatic heterocycles. The molecule has 0 saturated heterocycles. The lowest BCUT2D eigenvalue weighted by Crippen LogP contribution is -1.83. The molecule has 0 fully saturated rings. The summed E-state index contributed by atoms with van der Waals surface area (Å²) < 4.78 is 2.69. The van der Waals surface area contributed by atoms with Crippen LogP contribution in [0.4, 0.5) is 5.82 Å². The summed E-state index contributed by atoms with van der Waals surface area (Å²) in [6.07, 6.45) is 3.14. The van der Waals surface area contributed by atoms with Crippen LogP contribution in [0.5, 0.6) is 0 Å². The standard InChI is InChI=1S/C4H4BrN3/c5-8-4-1-2-6-3-7-4/h1-3H,(H,6,7,8). The Morgan fingerprint density at radius 1 is 1.62 bits per heavy atom. The highest BCUT2D eigenvalue weighted by Gasteiger charge is 1.81. The average molecular weight is 174 g/mol. The zero-order chi connectivity index (χ0) is 5.82. The quantitative estimate of drug-likeness (QED) is 0.650. The molecule has 1 rings (SSSR count). The number of aromatic nitrogens is 2. The molecule has 0 amide bonds. The van der Waals surface area contributed by atoms with Gasteiger partial charge in [0.15, 0.2) is 0 Å². The second-order valence-corrected chi connectivity index (χ2v) is 1.59. The van der Waals surface area contributed by atoms with Crippen LogP contribution in [0.15, 0.2) is 18.6 Å². The van der Waals surface area contributed by atoms with Crippen LogP contribution in [0.25, 0.3) is 0 Å². The SMILES string of the molecule is BrNc1ccncn1. The van der Waals surface area contributed by atoms with Gasteiger partial charge >= 0.3 is 0 Å². The molecule has 1 heterocycles. The third-order valence-corrected chi connectivity index (χ3v) is 1.09. The van der Waals surface area contributed by atoms with E-state index < -0.39 is 0 Å². The van der Waals surface area contributed by atoms with Gasteiger partial charge in [-0.1, -0.05) is 0 Å². The summed E-state index contributed by atoms with van der Waals surface area (Å²) >= 11 is 3.02. The van der Waals surface area contributed by atoms with Crippen LogP contribution in [-0.2, 0) is 0 Å². The monoisotopic (exact) mass is 173 g/mol. The van der Waals surface area contributed by atoms with Gasteiger partial charge in [0.05, 0.1) is 0 Å². The molecule has 0 aliphatic carbocycles. The predicted molar refractivity (Wildman–Crippen MR) is 34.6 cm³/mol. The molecular formula is C4H4BrN3. The Bertz CT molecular complexity index is 153. The van der Waals surface area contributed by atoms with Gasteiger partial charge in [0.2, 0.25) is 0 Å². The number of hydrogen-bond acceptors (Lipinski definition) is 3. The summed E-state index contributed by atoms with van der Waals surface area (Å²) in [7, 11) is 0. The van der Waals surface area contributed by atoms with Crippen molar-refractivity contribution in [1.82, 2.24) is 9.97 Å². The first-order chi connectivity index (χ1) is 3.93. The first-order valence-corrected chi connectivity index (χ1v) is 2.85. The molecule has 42 valence electrons. The first kappa shape index (κ1) is 5.50. The topological polar surface area (TPSA) is 37.8 Å². The molecule has 0 aliphatic rings. The molecule has 0 unspecified atom stereocenters. The third kappa shape index (κ3) is 1.16. The largest absolute Gasteiger partial charge is 0.307 e. The second-order valence-electron chi connectivity index (χ2n) is 1.19. The highest BCUT2D eigenvalue weighted by Crippen LogP contribution is 1.98. The van der Waals surface area contributed by atoms with Gasteiger partial charge < -0.3 is 4.34 Å². The van der Waals surface area contributed by atoms with E-state index in [-0.39, 0.29) is 0 Å². The first-order valence-electron chi connectivity index (χ1n) is 2.06.